The first-order valence-electron chi connectivity index (χ1n) is 9.43. The van der Waals surface area contributed by atoms with Crippen LogP contribution in [0.15, 0.2) is 0 Å². The summed E-state index contributed by atoms with van der Waals surface area (Å²) in [6, 6.07) is 1.61. The smallest absolute Gasteiger partial charge is 0.0120 e. The zero-order chi connectivity index (χ0) is 14.7. The van der Waals surface area contributed by atoms with Crippen LogP contribution in [0, 0.1) is 5.92 Å². The molecule has 21 heavy (non-hydrogen) atoms. The third-order valence-electron chi connectivity index (χ3n) is 6.01. The van der Waals surface area contributed by atoms with Crippen LogP contribution in [0.2, 0.25) is 0 Å². The molecule has 3 heteroatoms. The van der Waals surface area contributed by atoms with Gasteiger partial charge in [-0.1, -0.05) is 0 Å². The van der Waals surface area contributed by atoms with Crippen LogP contribution in [0.1, 0.15) is 52.4 Å². The van der Waals surface area contributed by atoms with Crippen molar-refractivity contribution in [1.29, 1.82) is 0 Å². The summed E-state index contributed by atoms with van der Waals surface area (Å²) in [5.41, 5.74) is 0. The maximum absolute atomic E-state index is 2.85. The summed E-state index contributed by atoms with van der Waals surface area (Å²) in [7, 11) is 0. The number of nitrogens with zero attached hydrogens (tertiary/aromatic N) is 3. The normalized spacial score (nSPS) is 31.3. The molecule has 1 atom stereocenters. The lowest BCUT2D eigenvalue weighted by atomic mass is 9.93. The van der Waals surface area contributed by atoms with Crippen molar-refractivity contribution in [2.75, 3.05) is 45.8 Å². The maximum Gasteiger partial charge on any atom is 0.0120 e. The van der Waals surface area contributed by atoms with Crippen LogP contribution in [0.3, 0.4) is 0 Å². The van der Waals surface area contributed by atoms with Crippen LogP contribution >= 0.6 is 0 Å². The molecular formula is C18H35N3. The maximum atomic E-state index is 2.85. The van der Waals surface area contributed by atoms with Crippen molar-refractivity contribution in [3.63, 3.8) is 0 Å². The van der Waals surface area contributed by atoms with Crippen LogP contribution < -0.4 is 0 Å². The summed E-state index contributed by atoms with van der Waals surface area (Å²) < 4.78 is 0. The molecular weight excluding hydrogens is 258 g/mol. The van der Waals surface area contributed by atoms with Gasteiger partial charge in [0.25, 0.3) is 0 Å². The van der Waals surface area contributed by atoms with E-state index < -0.39 is 0 Å². The number of piperidine rings is 2. The van der Waals surface area contributed by atoms with Gasteiger partial charge in [0, 0.05) is 25.2 Å². The molecule has 0 aromatic rings. The minimum absolute atomic E-state index is 0.732. The highest BCUT2D eigenvalue weighted by Crippen LogP contribution is 2.25. The molecule has 0 amide bonds. The van der Waals surface area contributed by atoms with E-state index in [9.17, 15) is 0 Å². The zero-order valence-electron chi connectivity index (χ0n) is 14.3. The predicted octanol–water partition coefficient (Wildman–Crippen LogP) is 2.67. The van der Waals surface area contributed by atoms with Gasteiger partial charge in [-0.15, -0.1) is 0 Å². The predicted molar refractivity (Wildman–Crippen MR) is 89.7 cm³/mol. The second kappa shape index (κ2) is 7.43. The van der Waals surface area contributed by atoms with Gasteiger partial charge in [-0.05, 0) is 91.0 Å². The quantitative estimate of drug-likeness (QED) is 0.789. The van der Waals surface area contributed by atoms with E-state index in [-0.39, 0.29) is 0 Å². The average molecular weight is 293 g/mol. The van der Waals surface area contributed by atoms with E-state index >= 15 is 0 Å². The Morgan fingerprint density at radius 2 is 1.57 bits per heavy atom. The molecule has 122 valence electrons. The molecule has 1 unspecified atom stereocenters. The molecule has 0 aromatic carbocycles. The van der Waals surface area contributed by atoms with Gasteiger partial charge in [-0.3, -0.25) is 4.90 Å². The molecule has 0 radical (unpaired) electrons. The van der Waals surface area contributed by atoms with Crippen LogP contribution in [-0.2, 0) is 0 Å². The van der Waals surface area contributed by atoms with Gasteiger partial charge in [0.1, 0.15) is 0 Å². The fourth-order valence-electron chi connectivity index (χ4n) is 4.68. The van der Waals surface area contributed by atoms with E-state index in [0.29, 0.717) is 0 Å². The molecule has 0 spiro atoms. The van der Waals surface area contributed by atoms with Crippen molar-refractivity contribution in [1.82, 2.24) is 14.7 Å². The van der Waals surface area contributed by atoms with Crippen molar-refractivity contribution >= 4 is 0 Å². The van der Waals surface area contributed by atoms with Crippen molar-refractivity contribution in [2.24, 2.45) is 5.92 Å². The van der Waals surface area contributed by atoms with E-state index in [0.717, 1.165) is 18.0 Å². The molecule has 3 rings (SSSR count). The number of likely N-dealkylation sites (tertiary alicyclic amines) is 3. The Labute approximate surface area is 131 Å². The van der Waals surface area contributed by atoms with Crippen molar-refractivity contribution in [3.05, 3.63) is 0 Å². The lowest BCUT2D eigenvalue weighted by Crippen LogP contribution is -2.50. The Morgan fingerprint density at radius 1 is 0.857 bits per heavy atom. The fourth-order valence-corrected chi connectivity index (χ4v) is 4.68. The highest BCUT2D eigenvalue weighted by molar-refractivity contribution is 4.85. The molecule has 0 saturated carbocycles. The summed E-state index contributed by atoms with van der Waals surface area (Å²) in [4.78, 5) is 8.22. The summed E-state index contributed by atoms with van der Waals surface area (Å²) in [5.74, 6) is 0.944. The van der Waals surface area contributed by atoms with Gasteiger partial charge in [0.15, 0.2) is 0 Å². The third-order valence-corrected chi connectivity index (χ3v) is 6.01. The molecule has 3 aliphatic heterocycles. The van der Waals surface area contributed by atoms with Crippen molar-refractivity contribution < 1.29 is 0 Å². The first kappa shape index (κ1) is 15.8. The Balaban J connectivity index is 1.45. The molecule has 0 aliphatic carbocycles. The summed E-state index contributed by atoms with van der Waals surface area (Å²) >= 11 is 0. The summed E-state index contributed by atoms with van der Waals surface area (Å²) in [6.45, 7) is 14.2. The Morgan fingerprint density at radius 3 is 2.24 bits per heavy atom. The Hall–Kier alpha value is -0.120. The van der Waals surface area contributed by atoms with Gasteiger partial charge in [-0.25, -0.2) is 0 Å². The largest absolute Gasteiger partial charge is 0.303 e. The topological polar surface area (TPSA) is 9.72 Å². The number of hydrogen-bond acceptors (Lipinski definition) is 3. The minimum Gasteiger partial charge on any atom is -0.303 e. The Kier molecular flexibility index (Phi) is 5.58. The van der Waals surface area contributed by atoms with Crippen molar-refractivity contribution in [3.8, 4) is 0 Å². The molecule has 3 saturated heterocycles. The SMILES string of the molecule is CC(C)N1CCC(N2CCCC(CN3CCCC3)C2)CC1. The standard InChI is InChI=1S/C18H35N3/c1-16(2)20-12-7-18(8-13-20)21-11-5-6-17(15-21)14-19-9-3-4-10-19/h16-18H,3-15H2,1-2H3. The fraction of sp³-hybridized carbons (Fsp3) is 1.00. The van der Waals surface area contributed by atoms with E-state index in [4.69, 9.17) is 0 Å². The molecule has 3 aliphatic rings. The van der Waals surface area contributed by atoms with Gasteiger partial charge in [0.2, 0.25) is 0 Å². The van der Waals surface area contributed by atoms with Crippen LogP contribution in [0.25, 0.3) is 0 Å². The van der Waals surface area contributed by atoms with Gasteiger partial charge >= 0.3 is 0 Å². The number of rotatable bonds is 4. The molecule has 0 aromatic heterocycles. The second-order valence-electron chi connectivity index (χ2n) is 7.87. The minimum atomic E-state index is 0.732. The van der Waals surface area contributed by atoms with Gasteiger partial charge in [0.05, 0.1) is 0 Å². The lowest BCUT2D eigenvalue weighted by molar-refractivity contribution is 0.0546. The second-order valence-corrected chi connectivity index (χ2v) is 7.87. The van der Waals surface area contributed by atoms with Crippen LogP contribution in [0.5, 0.6) is 0 Å². The molecule has 3 heterocycles. The third kappa shape index (κ3) is 4.20. The molecule has 0 N–H and O–H groups in total. The van der Waals surface area contributed by atoms with Gasteiger partial charge in [-0.2, -0.15) is 0 Å². The van der Waals surface area contributed by atoms with Gasteiger partial charge < -0.3 is 9.80 Å². The van der Waals surface area contributed by atoms with E-state index in [1.807, 2.05) is 0 Å². The lowest BCUT2D eigenvalue weighted by Gasteiger charge is -2.43. The average Bonchev–Trinajstić information content (AvgIpc) is 3.00. The first-order chi connectivity index (χ1) is 10.2. The molecule has 3 fully saturated rings. The summed E-state index contributed by atoms with van der Waals surface area (Å²) in [5, 5.41) is 0. The monoisotopic (exact) mass is 293 g/mol. The molecule has 3 nitrogen and oxygen atoms in total. The van der Waals surface area contributed by atoms with Crippen molar-refractivity contribution in [2.45, 2.75) is 64.5 Å². The van der Waals surface area contributed by atoms with Crippen LogP contribution in [0.4, 0.5) is 0 Å². The van der Waals surface area contributed by atoms with E-state index in [2.05, 4.69) is 28.5 Å². The highest BCUT2D eigenvalue weighted by atomic mass is 15.2. The highest BCUT2D eigenvalue weighted by Gasteiger charge is 2.30. The Bertz CT molecular complexity index is 304. The van der Waals surface area contributed by atoms with E-state index in [1.165, 1.54) is 84.3 Å². The molecule has 0 bridgehead atoms. The first-order valence-corrected chi connectivity index (χ1v) is 9.43. The zero-order valence-corrected chi connectivity index (χ0v) is 14.3. The summed E-state index contributed by atoms with van der Waals surface area (Å²) in [6.07, 6.45) is 8.57. The number of hydrogen-bond donors (Lipinski definition) is 0. The van der Waals surface area contributed by atoms with Crippen LogP contribution in [-0.4, -0.2) is 72.6 Å². The van der Waals surface area contributed by atoms with E-state index in [1.54, 1.807) is 0 Å².